The number of nitrogen functional groups attached to an aromatic ring is 1. The van der Waals surface area contributed by atoms with Crippen LogP contribution in [0.1, 0.15) is 64.5 Å². The molecule has 1 aromatic carbocycles. The Balaban J connectivity index is 1.65. The summed E-state index contributed by atoms with van der Waals surface area (Å²) in [4.78, 5) is 14.1. The van der Waals surface area contributed by atoms with Crippen LogP contribution in [0.4, 0.5) is 21.8 Å². The number of hydrogen-bond donors (Lipinski definition) is 4. The summed E-state index contributed by atoms with van der Waals surface area (Å²) in [5.41, 5.74) is 7.81. The topological polar surface area (TPSA) is 114 Å². The van der Waals surface area contributed by atoms with Gasteiger partial charge >= 0.3 is 0 Å². The van der Waals surface area contributed by atoms with Gasteiger partial charge in [0.2, 0.25) is 5.95 Å². The van der Waals surface area contributed by atoms with Crippen LogP contribution in [0.5, 0.6) is 0 Å². The smallest absolute Gasteiger partial charge is 0.226 e. The van der Waals surface area contributed by atoms with Gasteiger partial charge in [-0.2, -0.15) is 9.97 Å². The molecule has 0 saturated heterocycles. The first kappa shape index (κ1) is 23.2. The van der Waals surface area contributed by atoms with Gasteiger partial charge < -0.3 is 26.0 Å². The molecule has 2 aromatic heterocycles. The second-order valence-electron chi connectivity index (χ2n) is 9.64. The molecule has 9 heteroatoms. The van der Waals surface area contributed by atoms with Crippen LogP contribution in [0.2, 0.25) is 0 Å². The monoisotopic (exact) mass is 455 g/mol. The zero-order chi connectivity index (χ0) is 23.6. The van der Waals surface area contributed by atoms with E-state index in [1.807, 2.05) is 13.3 Å². The van der Waals surface area contributed by atoms with Crippen molar-refractivity contribution in [2.75, 3.05) is 22.9 Å². The number of hydrogen-bond acceptors (Lipinski definition) is 7. The summed E-state index contributed by atoms with van der Waals surface area (Å²) in [6, 6.07) is 4.70. The number of imidazole rings is 1. The highest BCUT2D eigenvalue weighted by atomic mass is 19.1. The minimum atomic E-state index is -0.822. The van der Waals surface area contributed by atoms with Crippen LogP contribution < -0.4 is 16.4 Å². The van der Waals surface area contributed by atoms with Gasteiger partial charge in [-0.25, -0.2) is 9.37 Å². The van der Waals surface area contributed by atoms with Crippen molar-refractivity contribution < 1.29 is 9.50 Å². The standard InChI is InChI=1S/C24H34FN7O/c1-15(24(2,3)33)12-28-23-30-21(27-13-16-11-17(25)9-10-19(16)26)20-22(31-23)32(14-29-20)18-7-5-4-6-8-18/h9-11,14-15,18,33H,4-8,12-13,26H2,1-3H3,(H2,27,28,30,31). The lowest BCUT2D eigenvalue weighted by Gasteiger charge is -2.26. The van der Waals surface area contributed by atoms with Crippen LogP contribution in [0.15, 0.2) is 24.5 Å². The van der Waals surface area contributed by atoms with Gasteiger partial charge in [0.1, 0.15) is 5.82 Å². The average Bonchev–Trinajstić information content (AvgIpc) is 3.22. The molecule has 1 saturated carbocycles. The Hall–Kier alpha value is -2.94. The van der Waals surface area contributed by atoms with Crippen molar-refractivity contribution in [1.82, 2.24) is 19.5 Å². The quantitative estimate of drug-likeness (QED) is 0.370. The number of aliphatic hydroxyl groups is 1. The lowest BCUT2D eigenvalue weighted by Crippen LogP contribution is -2.33. The highest BCUT2D eigenvalue weighted by Crippen LogP contribution is 2.32. The fraction of sp³-hybridized carbons (Fsp3) is 0.542. The normalized spacial score (nSPS) is 16.2. The predicted octanol–water partition coefficient (Wildman–Crippen LogP) is 4.48. The Bertz CT molecular complexity index is 1100. The van der Waals surface area contributed by atoms with Crippen molar-refractivity contribution in [3.8, 4) is 0 Å². The minimum absolute atomic E-state index is 0.0106. The van der Waals surface area contributed by atoms with E-state index in [1.54, 1.807) is 19.9 Å². The summed E-state index contributed by atoms with van der Waals surface area (Å²) in [5, 5.41) is 16.8. The van der Waals surface area contributed by atoms with Gasteiger partial charge in [0.05, 0.1) is 11.9 Å². The maximum absolute atomic E-state index is 13.7. The van der Waals surface area contributed by atoms with E-state index in [9.17, 15) is 9.50 Å². The SMILES string of the molecule is CC(CNc1nc(NCc2cc(F)ccc2N)c2ncn(C3CCCCC3)c2n1)C(C)(C)O. The van der Waals surface area contributed by atoms with Gasteiger partial charge in [0.25, 0.3) is 0 Å². The van der Waals surface area contributed by atoms with Crippen molar-refractivity contribution in [3.63, 3.8) is 0 Å². The highest BCUT2D eigenvalue weighted by Gasteiger charge is 2.24. The number of aromatic nitrogens is 4. The third-order valence-corrected chi connectivity index (χ3v) is 6.71. The third kappa shape index (κ3) is 5.35. The number of nitrogens with zero attached hydrogens (tertiary/aromatic N) is 4. The molecule has 8 nitrogen and oxygen atoms in total. The number of rotatable bonds is 8. The Labute approximate surface area is 193 Å². The molecular weight excluding hydrogens is 421 g/mol. The van der Waals surface area contributed by atoms with Crippen LogP contribution in [0, 0.1) is 11.7 Å². The van der Waals surface area contributed by atoms with E-state index in [0.717, 1.165) is 18.5 Å². The van der Waals surface area contributed by atoms with E-state index in [-0.39, 0.29) is 11.7 Å². The van der Waals surface area contributed by atoms with Gasteiger partial charge in [-0.1, -0.05) is 26.2 Å². The largest absolute Gasteiger partial charge is 0.398 e. The van der Waals surface area contributed by atoms with Gasteiger partial charge in [0.15, 0.2) is 17.0 Å². The molecule has 0 amide bonds. The number of benzene rings is 1. The van der Waals surface area contributed by atoms with E-state index in [2.05, 4.69) is 25.2 Å². The number of anilines is 3. The van der Waals surface area contributed by atoms with Crippen molar-refractivity contribution in [1.29, 1.82) is 0 Å². The molecule has 0 aliphatic heterocycles. The molecule has 178 valence electrons. The lowest BCUT2D eigenvalue weighted by atomic mass is 9.93. The number of nitrogens with two attached hydrogens (primary N) is 1. The zero-order valence-corrected chi connectivity index (χ0v) is 19.6. The summed E-state index contributed by atoms with van der Waals surface area (Å²) in [6.45, 7) is 6.38. The molecule has 2 heterocycles. The first-order valence-electron chi connectivity index (χ1n) is 11.7. The molecule has 1 aliphatic carbocycles. The molecule has 0 bridgehead atoms. The molecule has 3 aromatic rings. The molecule has 0 radical (unpaired) electrons. The Kier molecular flexibility index (Phi) is 6.69. The van der Waals surface area contributed by atoms with Gasteiger partial charge in [-0.3, -0.25) is 0 Å². The summed E-state index contributed by atoms with van der Waals surface area (Å²) >= 11 is 0. The molecule has 4 rings (SSSR count). The third-order valence-electron chi connectivity index (χ3n) is 6.71. The van der Waals surface area contributed by atoms with E-state index >= 15 is 0 Å². The summed E-state index contributed by atoms with van der Waals surface area (Å²) < 4.78 is 15.9. The van der Waals surface area contributed by atoms with E-state index < -0.39 is 5.60 Å². The molecule has 1 unspecified atom stereocenters. The lowest BCUT2D eigenvalue weighted by molar-refractivity contribution is 0.0303. The molecule has 33 heavy (non-hydrogen) atoms. The predicted molar refractivity (Wildman–Crippen MR) is 130 cm³/mol. The van der Waals surface area contributed by atoms with Crippen LogP contribution >= 0.6 is 0 Å². The molecule has 5 N–H and O–H groups in total. The van der Waals surface area contributed by atoms with E-state index in [4.69, 9.17) is 10.7 Å². The van der Waals surface area contributed by atoms with E-state index in [1.165, 1.54) is 31.4 Å². The Morgan fingerprint density at radius 2 is 1.97 bits per heavy atom. The fourth-order valence-corrected chi connectivity index (χ4v) is 4.15. The van der Waals surface area contributed by atoms with Crippen molar-refractivity contribution in [2.24, 2.45) is 5.92 Å². The van der Waals surface area contributed by atoms with Crippen LogP contribution in [0.3, 0.4) is 0 Å². The Morgan fingerprint density at radius 3 is 2.70 bits per heavy atom. The maximum Gasteiger partial charge on any atom is 0.226 e. The molecule has 1 aliphatic rings. The number of nitrogens with one attached hydrogen (secondary N) is 2. The second-order valence-corrected chi connectivity index (χ2v) is 9.64. The molecular formula is C24H34FN7O. The van der Waals surface area contributed by atoms with Gasteiger partial charge in [0, 0.05) is 30.7 Å². The summed E-state index contributed by atoms with van der Waals surface area (Å²) in [7, 11) is 0. The van der Waals surface area contributed by atoms with Crippen LogP contribution in [-0.2, 0) is 6.54 Å². The van der Waals surface area contributed by atoms with Crippen molar-refractivity contribution in [3.05, 3.63) is 35.9 Å². The molecule has 0 spiro atoms. The van der Waals surface area contributed by atoms with E-state index in [0.29, 0.717) is 47.7 Å². The fourth-order valence-electron chi connectivity index (χ4n) is 4.15. The highest BCUT2D eigenvalue weighted by molar-refractivity contribution is 5.84. The van der Waals surface area contributed by atoms with Crippen molar-refractivity contribution >= 4 is 28.6 Å². The minimum Gasteiger partial charge on any atom is -0.398 e. The van der Waals surface area contributed by atoms with Crippen molar-refractivity contribution in [2.45, 2.75) is 71.1 Å². The molecule has 1 fully saturated rings. The molecule has 1 atom stereocenters. The zero-order valence-electron chi connectivity index (χ0n) is 19.6. The summed E-state index contributed by atoms with van der Waals surface area (Å²) in [5.74, 6) is 0.685. The van der Waals surface area contributed by atoms with Crippen LogP contribution in [-0.4, -0.2) is 36.8 Å². The first-order valence-corrected chi connectivity index (χ1v) is 11.7. The van der Waals surface area contributed by atoms with Gasteiger partial charge in [-0.05, 0) is 50.5 Å². The summed E-state index contributed by atoms with van der Waals surface area (Å²) in [6.07, 6.45) is 7.73. The van der Waals surface area contributed by atoms with Gasteiger partial charge in [-0.15, -0.1) is 0 Å². The number of halogens is 1. The Morgan fingerprint density at radius 1 is 1.21 bits per heavy atom. The maximum atomic E-state index is 13.7. The first-order chi connectivity index (χ1) is 15.7. The second kappa shape index (κ2) is 9.51. The number of fused-ring (bicyclic) bond motifs is 1. The average molecular weight is 456 g/mol. The van der Waals surface area contributed by atoms with Crippen LogP contribution in [0.25, 0.3) is 11.2 Å².